The van der Waals surface area contributed by atoms with E-state index in [1.807, 2.05) is 31.3 Å². The maximum absolute atomic E-state index is 11.1. The van der Waals surface area contributed by atoms with Crippen molar-refractivity contribution in [2.45, 2.75) is 32.2 Å². The average Bonchev–Trinajstić information content (AvgIpc) is 3.29. The Labute approximate surface area is 179 Å². The van der Waals surface area contributed by atoms with E-state index in [-0.39, 0.29) is 5.91 Å². The van der Waals surface area contributed by atoms with Gasteiger partial charge in [0.1, 0.15) is 0 Å². The first-order valence-electron chi connectivity index (χ1n) is 10.8. The lowest BCUT2D eigenvalue weighted by Gasteiger charge is -2.29. The molecule has 2 aromatic rings. The standard InChI is InChI=1S/C24H33N5O/c1-19(30)28-22-12-10-20(11-13-22)14-15-26-24(25-2)27-18-23(29-16-6-7-17-29)21-8-4-3-5-9-21/h3-5,8-13,23H,6-7,14-18H2,1-2H3,(H,28,30)(H2,25,26,27). The number of hydrogen-bond acceptors (Lipinski definition) is 3. The van der Waals surface area contributed by atoms with Crippen LogP contribution >= 0.6 is 0 Å². The molecule has 3 rings (SSSR count). The second kappa shape index (κ2) is 11.4. The van der Waals surface area contributed by atoms with E-state index in [0.29, 0.717) is 6.04 Å². The van der Waals surface area contributed by atoms with Crippen molar-refractivity contribution < 1.29 is 4.79 Å². The largest absolute Gasteiger partial charge is 0.356 e. The number of aliphatic imine (C=N–C) groups is 1. The van der Waals surface area contributed by atoms with Crippen LogP contribution in [-0.4, -0.2) is 50.0 Å². The lowest BCUT2D eigenvalue weighted by atomic mass is 10.1. The van der Waals surface area contributed by atoms with Gasteiger partial charge in [0, 0.05) is 32.7 Å². The molecule has 0 saturated carbocycles. The number of anilines is 1. The summed E-state index contributed by atoms with van der Waals surface area (Å²) in [6.45, 7) is 5.44. The number of rotatable bonds is 8. The second-order valence-corrected chi connectivity index (χ2v) is 7.68. The summed E-state index contributed by atoms with van der Waals surface area (Å²) in [6, 6.07) is 19.0. The van der Waals surface area contributed by atoms with Crippen LogP contribution in [0.2, 0.25) is 0 Å². The van der Waals surface area contributed by atoms with Crippen LogP contribution in [-0.2, 0) is 11.2 Å². The van der Waals surface area contributed by atoms with Crippen molar-refractivity contribution in [3.8, 4) is 0 Å². The number of guanidine groups is 1. The van der Waals surface area contributed by atoms with Crippen LogP contribution in [0.3, 0.4) is 0 Å². The quantitative estimate of drug-likeness (QED) is 0.464. The first-order valence-corrected chi connectivity index (χ1v) is 10.8. The molecule has 0 bridgehead atoms. The Kier molecular flexibility index (Phi) is 8.27. The van der Waals surface area contributed by atoms with Gasteiger partial charge in [0.15, 0.2) is 5.96 Å². The Morgan fingerprint density at radius 2 is 1.73 bits per heavy atom. The molecule has 1 amide bonds. The van der Waals surface area contributed by atoms with E-state index in [1.54, 1.807) is 0 Å². The lowest BCUT2D eigenvalue weighted by Crippen LogP contribution is -2.43. The van der Waals surface area contributed by atoms with Crippen LogP contribution < -0.4 is 16.0 Å². The van der Waals surface area contributed by atoms with Crippen molar-refractivity contribution in [2.75, 3.05) is 38.5 Å². The molecule has 1 atom stereocenters. The van der Waals surface area contributed by atoms with Gasteiger partial charge in [-0.15, -0.1) is 0 Å². The van der Waals surface area contributed by atoms with E-state index < -0.39 is 0 Å². The zero-order valence-corrected chi connectivity index (χ0v) is 18.0. The van der Waals surface area contributed by atoms with Gasteiger partial charge in [-0.05, 0) is 55.6 Å². The summed E-state index contributed by atoms with van der Waals surface area (Å²) in [7, 11) is 1.81. The Morgan fingerprint density at radius 1 is 1.03 bits per heavy atom. The highest BCUT2D eigenvalue weighted by atomic mass is 16.1. The first-order chi connectivity index (χ1) is 14.7. The third-order valence-electron chi connectivity index (χ3n) is 5.43. The molecule has 30 heavy (non-hydrogen) atoms. The van der Waals surface area contributed by atoms with Crippen molar-refractivity contribution in [1.82, 2.24) is 15.5 Å². The first kappa shape index (κ1) is 21.8. The minimum atomic E-state index is -0.0537. The van der Waals surface area contributed by atoms with Crippen molar-refractivity contribution in [1.29, 1.82) is 0 Å². The van der Waals surface area contributed by atoms with Crippen LogP contribution in [0.25, 0.3) is 0 Å². The number of carbonyl (C=O) groups excluding carboxylic acids is 1. The summed E-state index contributed by atoms with van der Waals surface area (Å²) in [6.07, 6.45) is 3.43. The van der Waals surface area contributed by atoms with E-state index in [0.717, 1.165) is 44.2 Å². The number of likely N-dealkylation sites (tertiary alicyclic amines) is 1. The van der Waals surface area contributed by atoms with Gasteiger partial charge in [-0.25, -0.2) is 0 Å². The third kappa shape index (κ3) is 6.59. The summed E-state index contributed by atoms with van der Waals surface area (Å²) < 4.78 is 0. The fraction of sp³-hybridized carbons (Fsp3) is 0.417. The van der Waals surface area contributed by atoms with Gasteiger partial charge >= 0.3 is 0 Å². The predicted octanol–water partition coefficient (Wildman–Crippen LogP) is 3.19. The topological polar surface area (TPSA) is 68.8 Å². The number of nitrogens with one attached hydrogen (secondary N) is 3. The number of hydrogen-bond donors (Lipinski definition) is 3. The molecular formula is C24H33N5O. The van der Waals surface area contributed by atoms with Gasteiger partial charge in [0.05, 0.1) is 6.04 Å². The highest BCUT2D eigenvalue weighted by molar-refractivity contribution is 5.88. The van der Waals surface area contributed by atoms with Crippen molar-refractivity contribution in [3.63, 3.8) is 0 Å². The van der Waals surface area contributed by atoms with E-state index in [2.05, 4.69) is 56.2 Å². The molecule has 0 aromatic heterocycles. The highest BCUT2D eigenvalue weighted by Gasteiger charge is 2.23. The Hall–Kier alpha value is -2.86. The van der Waals surface area contributed by atoms with Crippen molar-refractivity contribution >= 4 is 17.6 Å². The van der Waals surface area contributed by atoms with Gasteiger partial charge in [-0.2, -0.15) is 0 Å². The summed E-state index contributed by atoms with van der Waals surface area (Å²) in [4.78, 5) is 18.1. The maximum Gasteiger partial charge on any atom is 0.221 e. The van der Waals surface area contributed by atoms with Crippen LogP contribution in [0.5, 0.6) is 0 Å². The van der Waals surface area contributed by atoms with E-state index in [4.69, 9.17) is 0 Å². The van der Waals surface area contributed by atoms with E-state index in [9.17, 15) is 4.79 Å². The molecule has 0 aliphatic carbocycles. The second-order valence-electron chi connectivity index (χ2n) is 7.68. The van der Waals surface area contributed by atoms with Crippen LogP contribution in [0.1, 0.15) is 36.9 Å². The van der Waals surface area contributed by atoms with Crippen molar-refractivity contribution in [2.24, 2.45) is 4.99 Å². The Morgan fingerprint density at radius 3 is 2.37 bits per heavy atom. The normalized spacial score (nSPS) is 15.6. The molecular weight excluding hydrogens is 374 g/mol. The predicted molar refractivity (Wildman–Crippen MR) is 124 cm³/mol. The molecule has 1 aliphatic heterocycles. The SMILES string of the molecule is CN=C(NCCc1ccc(NC(C)=O)cc1)NCC(c1ccccc1)N1CCCC1. The number of carbonyl (C=O) groups is 1. The monoisotopic (exact) mass is 407 g/mol. The van der Waals surface area contributed by atoms with Gasteiger partial charge in [-0.1, -0.05) is 42.5 Å². The highest BCUT2D eigenvalue weighted by Crippen LogP contribution is 2.24. The lowest BCUT2D eigenvalue weighted by molar-refractivity contribution is -0.114. The van der Waals surface area contributed by atoms with Crippen molar-refractivity contribution in [3.05, 3.63) is 65.7 Å². The van der Waals surface area contributed by atoms with Crippen LogP contribution in [0, 0.1) is 0 Å². The Balaban J connectivity index is 1.49. The minimum Gasteiger partial charge on any atom is -0.356 e. The fourth-order valence-corrected chi connectivity index (χ4v) is 3.88. The molecule has 1 unspecified atom stereocenters. The molecule has 1 heterocycles. The molecule has 1 fully saturated rings. The summed E-state index contributed by atoms with van der Waals surface area (Å²) >= 11 is 0. The molecule has 1 aliphatic rings. The molecule has 160 valence electrons. The fourth-order valence-electron chi connectivity index (χ4n) is 3.88. The molecule has 6 heteroatoms. The maximum atomic E-state index is 11.1. The van der Waals surface area contributed by atoms with E-state index in [1.165, 1.54) is 30.9 Å². The number of amides is 1. The number of benzene rings is 2. The van der Waals surface area contributed by atoms with Gasteiger partial charge in [-0.3, -0.25) is 14.7 Å². The minimum absolute atomic E-state index is 0.0537. The van der Waals surface area contributed by atoms with Crippen LogP contribution in [0.4, 0.5) is 5.69 Å². The summed E-state index contributed by atoms with van der Waals surface area (Å²) in [5.41, 5.74) is 3.39. The molecule has 0 spiro atoms. The zero-order chi connectivity index (χ0) is 21.2. The smallest absolute Gasteiger partial charge is 0.221 e. The molecule has 2 aromatic carbocycles. The summed E-state index contributed by atoms with van der Waals surface area (Å²) in [5.74, 6) is 0.770. The third-order valence-corrected chi connectivity index (χ3v) is 5.43. The molecule has 3 N–H and O–H groups in total. The van der Waals surface area contributed by atoms with E-state index >= 15 is 0 Å². The van der Waals surface area contributed by atoms with Gasteiger partial charge < -0.3 is 16.0 Å². The van der Waals surface area contributed by atoms with Gasteiger partial charge in [0.2, 0.25) is 5.91 Å². The van der Waals surface area contributed by atoms with Crippen LogP contribution in [0.15, 0.2) is 59.6 Å². The zero-order valence-electron chi connectivity index (χ0n) is 18.0. The molecule has 1 saturated heterocycles. The van der Waals surface area contributed by atoms with Gasteiger partial charge in [0.25, 0.3) is 0 Å². The average molecular weight is 408 g/mol. The molecule has 6 nitrogen and oxygen atoms in total. The molecule has 0 radical (unpaired) electrons. The Bertz CT molecular complexity index is 813. The summed E-state index contributed by atoms with van der Waals surface area (Å²) in [5, 5.41) is 9.72. The number of nitrogens with zero attached hydrogens (tertiary/aromatic N) is 2.